The van der Waals surface area contributed by atoms with Crippen molar-refractivity contribution in [2.75, 3.05) is 39.0 Å². The van der Waals surface area contributed by atoms with Crippen LogP contribution >= 0.6 is 12.2 Å². The normalized spacial score (nSPS) is 11.0. The van der Waals surface area contributed by atoms with Gasteiger partial charge in [-0.2, -0.15) is 0 Å². The molecule has 0 unspecified atom stereocenters. The predicted molar refractivity (Wildman–Crippen MR) is 97.1 cm³/mol. The lowest BCUT2D eigenvalue weighted by molar-refractivity contribution is 0.310. The van der Waals surface area contributed by atoms with Crippen molar-refractivity contribution in [2.24, 2.45) is 5.92 Å². The van der Waals surface area contributed by atoms with E-state index in [0.29, 0.717) is 5.92 Å². The summed E-state index contributed by atoms with van der Waals surface area (Å²) in [6.45, 7) is 11.6. The lowest BCUT2D eigenvalue weighted by Gasteiger charge is -2.29. The van der Waals surface area contributed by atoms with Crippen LogP contribution in [0.15, 0.2) is 18.2 Å². The number of nitrogens with one attached hydrogen (secondary N) is 1. The molecule has 0 aliphatic rings. The molecule has 4 heteroatoms. The number of rotatable bonds is 6. The molecule has 0 aliphatic heterocycles. The highest BCUT2D eigenvalue weighted by Crippen LogP contribution is 2.18. The highest BCUT2D eigenvalue weighted by molar-refractivity contribution is 7.80. The van der Waals surface area contributed by atoms with Gasteiger partial charge in [0.2, 0.25) is 0 Å². The third-order valence-corrected chi connectivity index (χ3v) is 3.90. The Bertz CT molecular complexity index is 469. The molecule has 3 nitrogen and oxygen atoms in total. The van der Waals surface area contributed by atoms with Crippen LogP contribution in [0.25, 0.3) is 0 Å². The Morgan fingerprint density at radius 1 is 1.19 bits per heavy atom. The molecule has 0 saturated carbocycles. The molecule has 1 N–H and O–H groups in total. The summed E-state index contributed by atoms with van der Waals surface area (Å²) >= 11 is 5.63. The van der Waals surface area contributed by atoms with Gasteiger partial charge in [-0.3, -0.25) is 0 Å². The molecule has 0 saturated heterocycles. The van der Waals surface area contributed by atoms with Crippen molar-refractivity contribution in [3.05, 3.63) is 29.3 Å². The van der Waals surface area contributed by atoms with Gasteiger partial charge < -0.3 is 15.1 Å². The molecule has 21 heavy (non-hydrogen) atoms. The largest absolute Gasteiger partial charge is 0.347 e. The SMILES string of the molecule is Cc1cccc(NC(=S)N(CCN(C)C)CC(C)C)c1C. The van der Waals surface area contributed by atoms with E-state index in [9.17, 15) is 0 Å². The van der Waals surface area contributed by atoms with E-state index in [-0.39, 0.29) is 0 Å². The first kappa shape index (κ1) is 17.9. The van der Waals surface area contributed by atoms with Crippen molar-refractivity contribution >= 4 is 23.0 Å². The lowest BCUT2D eigenvalue weighted by atomic mass is 10.1. The average molecular weight is 308 g/mol. The molecule has 1 aromatic rings. The minimum absolute atomic E-state index is 0.588. The standard InChI is InChI=1S/C17H29N3S/c1-13(2)12-20(11-10-19(5)6)17(21)18-16-9-7-8-14(3)15(16)4/h7-9,13H,10-12H2,1-6H3,(H,18,21). The van der Waals surface area contributed by atoms with Crippen LogP contribution in [0.5, 0.6) is 0 Å². The van der Waals surface area contributed by atoms with E-state index < -0.39 is 0 Å². The number of benzene rings is 1. The van der Waals surface area contributed by atoms with Crippen molar-refractivity contribution in [3.63, 3.8) is 0 Å². The molecule has 1 aromatic carbocycles. The minimum Gasteiger partial charge on any atom is -0.347 e. The highest BCUT2D eigenvalue weighted by atomic mass is 32.1. The Balaban J connectivity index is 2.77. The molecule has 0 fully saturated rings. The van der Waals surface area contributed by atoms with E-state index in [1.165, 1.54) is 11.1 Å². The van der Waals surface area contributed by atoms with Gasteiger partial charge in [0, 0.05) is 25.3 Å². The summed E-state index contributed by atoms with van der Waals surface area (Å²) in [7, 11) is 4.18. The molecular formula is C17H29N3S. The Morgan fingerprint density at radius 3 is 2.43 bits per heavy atom. The quantitative estimate of drug-likeness (QED) is 0.810. The Kier molecular flexibility index (Phi) is 7.12. The zero-order valence-corrected chi connectivity index (χ0v) is 15.0. The zero-order valence-electron chi connectivity index (χ0n) is 14.2. The van der Waals surface area contributed by atoms with Crippen molar-refractivity contribution in [3.8, 4) is 0 Å². The summed E-state index contributed by atoms with van der Waals surface area (Å²) in [4.78, 5) is 4.45. The van der Waals surface area contributed by atoms with E-state index in [2.05, 4.69) is 75.1 Å². The van der Waals surface area contributed by atoms with Crippen molar-refractivity contribution in [1.29, 1.82) is 0 Å². The number of anilines is 1. The summed E-state index contributed by atoms with van der Waals surface area (Å²) in [6, 6.07) is 6.29. The van der Waals surface area contributed by atoms with Gasteiger partial charge in [-0.25, -0.2) is 0 Å². The number of likely N-dealkylation sites (N-methyl/N-ethyl adjacent to an activating group) is 1. The van der Waals surface area contributed by atoms with Gasteiger partial charge in [0.05, 0.1) is 0 Å². The van der Waals surface area contributed by atoms with Crippen LogP contribution in [0.1, 0.15) is 25.0 Å². The van der Waals surface area contributed by atoms with Gasteiger partial charge in [-0.05, 0) is 63.3 Å². The Morgan fingerprint density at radius 2 is 1.86 bits per heavy atom. The van der Waals surface area contributed by atoms with Gasteiger partial charge in [0.15, 0.2) is 5.11 Å². The van der Waals surface area contributed by atoms with E-state index in [1.54, 1.807) is 0 Å². The molecule has 0 bridgehead atoms. The van der Waals surface area contributed by atoms with Crippen molar-refractivity contribution in [1.82, 2.24) is 9.80 Å². The second-order valence-corrected chi connectivity index (χ2v) is 6.71. The maximum absolute atomic E-state index is 5.63. The molecule has 0 aromatic heterocycles. The van der Waals surface area contributed by atoms with Crippen LogP contribution in [0.2, 0.25) is 0 Å². The van der Waals surface area contributed by atoms with Crippen molar-refractivity contribution in [2.45, 2.75) is 27.7 Å². The molecule has 0 amide bonds. The van der Waals surface area contributed by atoms with E-state index in [0.717, 1.165) is 30.4 Å². The molecule has 0 radical (unpaired) electrons. The van der Waals surface area contributed by atoms with Crippen molar-refractivity contribution < 1.29 is 0 Å². The lowest BCUT2D eigenvalue weighted by Crippen LogP contribution is -2.41. The second kappa shape index (κ2) is 8.35. The summed E-state index contributed by atoms with van der Waals surface area (Å²) in [5, 5.41) is 4.24. The Labute approximate surface area is 135 Å². The van der Waals surface area contributed by atoms with E-state index in [1.807, 2.05) is 0 Å². The average Bonchev–Trinajstić information content (AvgIpc) is 2.39. The van der Waals surface area contributed by atoms with Gasteiger partial charge in [0.1, 0.15) is 0 Å². The third kappa shape index (κ3) is 6.02. The monoisotopic (exact) mass is 307 g/mol. The number of hydrogen-bond donors (Lipinski definition) is 1. The topological polar surface area (TPSA) is 18.5 Å². The molecule has 0 spiro atoms. The first-order valence-electron chi connectivity index (χ1n) is 7.58. The third-order valence-electron chi connectivity index (χ3n) is 3.54. The fourth-order valence-electron chi connectivity index (χ4n) is 2.12. The van der Waals surface area contributed by atoms with Gasteiger partial charge in [-0.1, -0.05) is 26.0 Å². The molecule has 0 aliphatic carbocycles. The van der Waals surface area contributed by atoms with E-state index >= 15 is 0 Å². The molecule has 0 heterocycles. The number of thiocarbonyl (C=S) groups is 1. The van der Waals surface area contributed by atoms with Crippen LogP contribution in [-0.4, -0.2) is 48.6 Å². The Hall–Kier alpha value is -1.13. The maximum Gasteiger partial charge on any atom is 0.173 e. The summed E-state index contributed by atoms with van der Waals surface area (Å²) < 4.78 is 0. The first-order valence-corrected chi connectivity index (χ1v) is 7.99. The molecular weight excluding hydrogens is 278 g/mol. The predicted octanol–water partition coefficient (Wildman–Crippen LogP) is 3.52. The number of nitrogens with zero attached hydrogens (tertiary/aromatic N) is 2. The van der Waals surface area contributed by atoms with Crippen LogP contribution < -0.4 is 5.32 Å². The summed E-state index contributed by atoms with van der Waals surface area (Å²) in [5.41, 5.74) is 3.65. The summed E-state index contributed by atoms with van der Waals surface area (Å²) in [6.07, 6.45) is 0. The fourth-order valence-corrected chi connectivity index (χ4v) is 2.39. The second-order valence-electron chi connectivity index (χ2n) is 6.32. The molecule has 0 atom stereocenters. The van der Waals surface area contributed by atoms with Crippen LogP contribution in [0, 0.1) is 19.8 Å². The molecule has 118 valence electrons. The smallest absolute Gasteiger partial charge is 0.173 e. The first-order chi connectivity index (χ1) is 9.81. The van der Waals surface area contributed by atoms with Gasteiger partial charge in [0.25, 0.3) is 0 Å². The van der Waals surface area contributed by atoms with Crippen LogP contribution in [0.3, 0.4) is 0 Å². The fraction of sp³-hybridized carbons (Fsp3) is 0.588. The number of hydrogen-bond acceptors (Lipinski definition) is 2. The summed E-state index contributed by atoms with van der Waals surface area (Å²) in [5.74, 6) is 0.588. The maximum atomic E-state index is 5.63. The van der Waals surface area contributed by atoms with Crippen LogP contribution in [0.4, 0.5) is 5.69 Å². The van der Waals surface area contributed by atoms with Crippen LogP contribution in [-0.2, 0) is 0 Å². The highest BCUT2D eigenvalue weighted by Gasteiger charge is 2.13. The molecule has 1 rings (SSSR count). The van der Waals surface area contributed by atoms with Gasteiger partial charge in [-0.15, -0.1) is 0 Å². The van der Waals surface area contributed by atoms with E-state index in [4.69, 9.17) is 12.2 Å². The minimum atomic E-state index is 0.588. The number of aryl methyl sites for hydroxylation is 1. The zero-order chi connectivity index (χ0) is 16.0. The van der Waals surface area contributed by atoms with Gasteiger partial charge >= 0.3 is 0 Å².